The maximum atomic E-state index is 11.1. The lowest BCUT2D eigenvalue weighted by molar-refractivity contribution is -0.385. The summed E-state index contributed by atoms with van der Waals surface area (Å²) in [4.78, 5) is 10.6. The number of ether oxygens (including phenoxy) is 2. The molecular formula is C15H12ClN3O4. The largest absolute Gasteiger partial charge is 0.454 e. The van der Waals surface area contributed by atoms with Crippen LogP contribution in [-0.2, 0) is 6.54 Å². The summed E-state index contributed by atoms with van der Waals surface area (Å²) in [6.07, 6.45) is 1.38. The lowest BCUT2D eigenvalue weighted by Gasteiger charge is -2.02. The van der Waals surface area contributed by atoms with Gasteiger partial charge >= 0.3 is 0 Å². The molecular weight excluding hydrogens is 322 g/mol. The van der Waals surface area contributed by atoms with Gasteiger partial charge in [-0.25, -0.2) is 0 Å². The summed E-state index contributed by atoms with van der Waals surface area (Å²) in [5.74, 6) is 0.831. The smallest absolute Gasteiger partial charge is 0.282 e. The molecule has 0 spiro atoms. The predicted octanol–water partition coefficient (Wildman–Crippen LogP) is 3.10. The quantitative estimate of drug-likeness (QED) is 0.516. The molecule has 1 heterocycles. The van der Waals surface area contributed by atoms with Gasteiger partial charge in [-0.05, 0) is 23.8 Å². The third kappa shape index (κ3) is 3.51. The number of nitrogens with one attached hydrogen (secondary N) is 1. The molecule has 8 heteroatoms. The van der Waals surface area contributed by atoms with Crippen molar-refractivity contribution in [3.63, 3.8) is 0 Å². The molecule has 1 N–H and O–H groups in total. The maximum absolute atomic E-state index is 11.1. The summed E-state index contributed by atoms with van der Waals surface area (Å²) in [5, 5.41) is 15.8. The van der Waals surface area contributed by atoms with Crippen molar-refractivity contribution in [2.75, 3.05) is 6.79 Å². The minimum absolute atomic E-state index is 0.0574. The summed E-state index contributed by atoms with van der Waals surface area (Å²) >= 11 is 5.81. The Morgan fingerprint density at radius 2 is 1.96 bits per heavy atom. The van der Waals surface area contributed by atoms with Crippen LogP contribution >= 0.6 is 11.6 Å². The molecule has 3 rings (SSSR count). The number of nitrogens with zero attached hydrogens (tertiary/aromatic N) is 2. The number of rotatable bonds is 5. The van der Waals surface area contributed by atoms with Gasteiger partial charge < -0.3 is 14.9 Å². The molecule has 0 radical (unpaired) electrons. The third-order valence-corrected chi connectivity index (χ3v) is 3.46. The zero-order valence-corrected chi connectivity index (χ0v) is 12.6. The van der Waals surface area contributed by atoms with E-state index in [0.29, 0.717) is 28.6 Å². The van der Waals surface area contributed by atoms with E-state index in [9.17, 15) is 10.1 Å². The second-order valence-corrected chi connectivity index (χ2v) is 5.18. The fourth-order valence-electron chi connectivity index (χ4n) is 2.06. The fraction of sp³-hybridized carbons (Fsp3) is 0.133. The Balaban J connectivity index is 1.71. The van der Waals surface area contributed by atoms with Crippen LogP contribution in [0.15, 0.2) is 41.5 Å². The molecule has 0 bridgehead atoms. The molecule has 1 aliphatic heterocycles. The molecule has 7 nitrogen and oxygen atoms in total. The minimum atomic E-state index is -0.484. The molecule has 0 saturated heterocycles. The monoisotopic (exact) mass is 333 g/mol. The van der Waals surface area contributed by atoms with Gasteiger partial charge in [0, 0.05) is 5.02 Å². The molecule has 118 valence electrons. The van der Waals surface area contributed by atoms with E-state index in [1.165, 1.54) is 18.3 Å². The van der Waals surface area contributed by atoms with Gasteiger partial charge in [0.1, 0.15) is 0 Å². The van der Waals surface area contributed by atoms with Crippen LogP contribution in [-0.4, -0.2) is 17.9 Å². The van der Waals surface area contributed by atoms with Crippen molar-refractivity contribution in [3.05, 3.63) is 62.7 Å². The van der Waals surface area contributed by atoms with Crippen LogP contribution in [0.25, 0.3) is 0 Å². The van der Waals surface area contributed by atoms with Gasteiger partial charge in [-0.1, -0.05) is 23.7 Å². The van der Waals surface area contributed by atoms with Crippen molar-refractivity contribution in [1.29, 1.82) is 0 Å². The molecule has 0 atom stereocenters. The minimum Gasteiger partial charge on any atom is -0.454 e. The number of nitro benzene ring substituents is 1. The Labute approximate surface area is 136 Å². The van der Waals surface area contributed by atoms with Crippen molar-refractivity contribution in [2.24, 2.45) is 5.10 Å². The molecule has 23 heavy (non-hydrogen) atoms. The average Bonchev–Trinajstić information content (AvgIpc) is 2.99. The van der Waals surface area contributed by atoms with E-state index >= 15 is 0 Å². The molecule has 1 aliphatic rings. The first-order chi connectivity index (χ1) is 11.1. The van der Waals surface area contributed by atoms with Gasteiger partial charge in [0.05, 0.1) is 29.3 Å². The molecule has 0 saturated carbocycles. The highest BCUT2D eigenvalue weighted by Gasteiger charge is 2.22. The fourth-order valence-corrected chi connectivity index (χ4v) is 2.19. The van der Waals surface area contributed by atoms with E-state index in [2.05, 4.69) is 10.5 Å². The maximum Gasteiger partial charge on any atom is 0.282 e. The van der Waals surface area contributed by atoms with Crippen LogP contribution in [0.2, 0.25) is 5.02 Å². The van der Waals surface area contributed by atoms with E-state index in [0.717, 1.165) is 5.56 Å². The summed E-state index contributed by atoms with van der Waals surface area (Å²) in [7, 11) is 0. The van der Waals surface area contributed by atoms with Crippen LogP contribution in [0, 0.1) is 10.1 Å². The number of hydrazone groups is 1. The van der Waals surface area contributed by atoms with E-state index in [-0.39, 0.29) is 12.5 Å². The normalized spacial score (nSPS) is 12.6. The highest BCUT2D eigenvalue weighted by molar-refractivity contribution is 6.30. The highest BCUT2D eigenvalue weighted by Crippen LogP contribution is 2.37. The first kappa shape index (κ1) is 15.1. The second kappa shape index (κ2) is 6.53. The summed E-state index contributed by atoms with van der Waals surface area (Å²) in [6.45, 7) is 0.536. The zero-order valence-electron chi connectivity index (χ0n) is 11.9. The first-order valence-electron chi connectivity index (χ1n) is 6.72. The Bertz CT molecular complexity index is 762. The van der Waals surface area contributed by atoms with Gasteiger partial charge in [0.2, 0.25) is 6.79 Å². The Morgan fingerprint density at radius 1 is 1.26 bits per heavy atom. The lowest BCUT2D eigenvalue weighted by atomic mass is 10.1. The van der Waals surface area contributed by atoms with Gasteiger partial charge in [-0.15, -0.1) is 0 Å². The molecule has 0 amide bonds. The van der Waals surface area contributed by atoms with E-state index in [1.807, 2.05) is 12.1 Å². The number of benzene rings is 2. The summed E-state index contributed by atoms with van der Waals surface area (Å²) in [5.41, 5.74) is 4.07. The zero-order chi connectivity index (χ0) is 16.2. The van der Waals surface area contributed by atoms with Crippen molar-refractivity contribution < 1.29 is 14.4 Å². The third-order valence-electron chi connectivity index (χ3n) is 3.21. The van der Waals surface area contributed by atoms with Gasteiger partial charge in [-0.3, -0.25) is 10.1 Å². The summed E-state index contributed by atoms with van der Waals surface area (Å²) in [6, 6.07) is 10.2. The SMILES string of the molecule is O=[N+]([O-])c1cc2c(cc1/C=N\NCc1ccc(Cl)cc1)OCO2. The van der Waals surface area contributed by atoms with E-state index in [1.54, 1.807) is 12.1 Å². The lowest BCUT2D eigenvalue weighted by Crippen LogP contribution is -2.06. The molecule has 0 aromatic heterocycles. The molecule has 0 unspecified atom stereocenters. The highest BCUT2D eigenvalue weighted by atomic mass is 35.5. The number of fused-ring (bicyclic) bond motifs is 1. The van der Waals surface area contributed by atoms with Crippen LogP contribution in [0.5, 0.6) is 11.5 Å². The van der Waals surface area contributed by atoms with Crippen molar-refractivity contribution in [2.45, 2.75) is 6.54 Å². The van der Waals surface area contributed by atoms with Gasteiger partial charge in [-0.2, -0.15) is 5.10 Å². The average molecular weight is 334 g/mol. The standard InChI is InChI=1S/C15H12ClN3O4/c16-12-3-1-10(2-4-12)7-17-18-8-11-5-14-15(23-9-22-14)6-13(11)19(20)21/h1-6,8,17H,7,9H2/b18-8-. The van der Waals surface area contributed by atoms with Gasteiger partial charge in [0.15, 0.2) is 11.5 Å². The number of halogens is 1. The Hall–Kier alpha value is -2.80. The number of nitro groups is 1. The van der Waals surface area contributed by atoms with E-state index < -0.39 is 4.92 Å². The van der Waals surface area contributed by atoms with Crippen molar-refractivity contribution in [1.82, 2.24) is 5.43 Å². The molecule has 0 aliphatic carbocycles. The van der Waals surface area contributed by atoms with E-state index in [4.69, 9.17) is 21.1 Å². The summed E-state index contributed by atoms with van der Waals surface area (Å²) < 4.78 is 10.4. The first-order valence-corrected chi connectivity index (χ1v) is 7.09. The number of hydrogen-bond donors (Lipinski definition) is 1. The molecule has 2 aromatic carbocycles. The predicted molar refractivity (Wildman–Crippen MR) is 85.1 cm³/mol. The van der Waals surface area contributed by atoms with Crippen LogP contribution < -0.4 is 14.9 Å². The van der Waals surface area contributed by atoms with Crippen molar-refractivity contribution >= 4 is 23.5 Å². The Morgan fingerprint density at radius 3 is 2.65 bits per heavy atom. The topological polar surface area (TPSA) is 86.0 Å². The van der Waals surface area contributed by atoms with Gasteiger partial charge in [0.25, 0.3) is 5.69 Å². The molecule has 0 fully saturated rings. The van der Waals surface area contributed by atoms with Crippen LogP contribution in [0.1, 0.15) is 11.1 Å². The second-order valence-electron chi connectivity index (χ2n) is 4.74. The van der Waals surface area contributed by atoms with Crippen molar-refractivity contribution in [3.8, 4) is 11.5 Å². The molecule has 2 aromatic rings. The van der Waals surface area contributed by atoms with Crippen LogP contribution in [0.4, 0.5) is 5.69 Å². The number of hydrogen-bond acceptors (Lipinski definition) is 6. The van der Waals surface area contributed by atoms with Crippen LogP contribution in [0.3, 0.4) is 0 Å². The Kier molecular flexibility index (Phi) is 4.29.